The fraction of sp³-hybridized carbons (Fsp3) is 0.667. The van der Waals surface area contributed by atoms with E-state index < -0.39 is 0 Å². The molecule has 0 aromatic rings. The second kappa shape index (κ2) is 7.34. The summed E-state index contributed by atoms with van der Waals surface area (Å²) >= 11 is 5.26. The SMILES string of the molecule is CC(Cl)C(=N)N.Cl.Cl. The third-order valence-electron chi connectivity index (χ3n) is 0.429. The summed E-state index contributed by atoms with van der Waals surface area (Å²) in [6.07, 6.45) is 0. The minimum Gasteiger partial charge on any atom is -0.386 e. The number of amidine groups is 1. The Morgan fingerprint density at radius 3 is 1.75 bits per heavy atom. The lowest BCUT2D eigenvalue weighted by molar-refractivity contribution is 1.22. The first kappa shape index (κ1) is 15.8. The maximum Gasteiger partial charge on any atom is 0.109 e. The molecule has 0 aromatic heterocycles. The standard InChI is InChI=1S/C3H7ClN2.2ClH/c1-2(4)3(5)6;;/h2H,1H3,(H3,5,6);2*1H. The van der Waals surface area contributed by atoms with E-state index in [9.17, 15) is 0 Å². The lowest BCUT2D eigenvalue weighted by atomic mass is 10.5. The molecule has 0 aliphatic heterocycles. The summed E-state index contributed by atoms with van der Waals surface area (Å²) in [4.78, 5) is 0. The van der Waals surface area contributed by atoms with E-state index in [1.807, 2.05) is 0 Å². The number of nitrogens with two attached hydrogens (primary N) is 1. The van der Waals surface area contributed by atoms with Gasteiger partial charge in [-0.25, -0.2) is 0 Å². The Hall–Kier alpha value is 0.340. The van der Waals surface area contributed by atoms with Crippen LogP contribution < -0.4 is 5.73 Å². The third-order valence-corrected chi connectivity index (χ3v) is 0.664. The first-order valence-corrected chi connectivity index (χ1v) is 2.06. The normalized spacial score (nSPS) is 10.2. The summed E-state index contributed by atoms with van der Waals surface area (Å²) in [5.74, 6) is 0.0247. The van der Waals surface area contributed by atoms with Crippen LogP contribution in [0.1, 0.15) is 6.92 Å². The third kappa shape index (κ3) is 9.60. The Morgan fingerprint density at radius 2 is 1.75 bits per heavy atom. The molecular formula is C3H9Cl3N2. The summed E-state index contributed by atoms with van der Waals surface area (Å²) in [6.45, 7) is 1.66. The van der Waals surface area contributed by atoms with Gasteiger partial charge in [-0.15, -0.1) is 36.4 Å². The van der Waals surface area contributed by atoms with E-state index in [2.05, 4.69) is 0 Å². The molecule has 0 amide bonds. The van der Waals surface area contributed by atoms with Gasteiger partial charge in [0.15, 0.2) is 0 Å². The lowest BCUT2D eigenvalue weighted by Gasteiger charge is -1.92. The van der Waals surface area contributed by atoms with Gasteiger partial charge in [0.25, 0.3) is 0 Å². The van der Waals surface area contributed by atoms with Crippen molar-refractivity contribution in [2.24, 2.45) is 5.73 Å². The number of hydrogen-bond acceptors (Lipinski definition) is 1. The summed E-state index contributed by atoms with van der Waals surface area (Å²) < 4.78 is 0. The zero-order valence-corrected chi connectivity index (χ0v) is 6.74. The minimum atomic E-state index is -0.315. The van der Waals surface area contributed by atoms with E-state index in [-0.39, 0.29) is 36.0 Å². The largest absolute Gasteiger partial charge is 0.386 e. The second-order valence-corrected chi connectivity index (χ2v) is 1.73. The molecule has 2 nitrogen and oxygen atoms in total. The van der Waals surface area contributed by atoms with Crippen molar-refractivity contribution >= 4 is 42.3 Å². The monoisotopic (exact) mass is 178 g/mol. The molecule has 52 valence electrons. The average molecular weight is 179 g/mol. The van der Waals surface area contributed by atoms with Gasteiger partial charge in [0.1, 0.15) is 5.84 Å². The van der Waals surface area contributed by atoms with E-state index in [4.69, 9.17) is 22.7 Å². The zero-order chi connectivity index (χ0) is 5.15. The predicted octanol–water partition coefficient (Wildman–Crippen LogP) is 1.39. The van der Waals surface area contributed by atoms with Crippen molar-refractivity contribution in [1.29, 1.82) is 5.41 Å². The molecule has 0 aliphatic carbocycles. The molecule has 0 fully saturated rings. The van der Waals surface area contributed by atoms with E-state index >= 15 is 0 Å². The Morgan fingerprint density at radius 1 is 1.62 bits per heavy atom. The van der Waals surface area contributed by atoms with Crippen molar-refractivity contribution in [2.45, 2.75) is 12.3 Å². The Labute approximate surface area is 66.1 Å². The van der Waals surface area contributed by atoms with Crippen molar-refractivity contribution in [3.63, 3.8) is 0 Å². The van der Waals surface area contributed by atoms with Gasteiger partial charge in [0.2, 0.25) is 0 Å². The van der Waals surface area contributed by atoms with E-state index in [1.54, 1.807) is 6.92 Å². The molecule has 0 rings (SSSR count). The number of rotatable bonds is 1. The van der Waals surface area contributed by atoms with Gasteiger partial charge in [0.05, 0.1) is 5.38 Å². The molecule has 0 radical (unpaired) electrons. The Kier molecular flexibility index (Phi) is 14.5. The highest BCUT2D eigenvalue weighted by Crippen LogP contribution is 1.88. The highest BCUT2D eigenvalue weighted by Gasteiger charge is 1.94. The highest BCUT2D eigenvalue weighted by molar-refractivity contribution is 6.30. The molecule has 0 aromatic carbocycles. The fourth-order valence-electron chi connectivity index (χ4n) is 0. The number of nitrogens with one attached hydrogen (secondary N) is 1. The quantitative estimate of drug-likeness (QED) is 0.357. The predicted molar refractivity (Wildman–Crippen MR) is 41.7 cm³/mol. The smallest absolute Gasteiger partial charge is 0.109 e. The number of alkyl halides is 1. The zero-order valence-electron chi connectivity index (χ0n) is 4.35. The van der Waals surface area contributed by atoms with Crippen LogP contribution in [0.25, 0.3) is 0 Å². The first-order chi connectivity index (χ1) is 2.64. The maximum absolute atomic E-state index is 6.59. The highest BCUT2D eigenvalue weighted by atomic mass is 35.5. The van der Waals surface area contributed by atoms with E-state index in [0.29, 0.717) is 0 Å². The van der Waals surface area contributed by atoms with Crippen LogP contribution in [0.4, 0.5) is 0 Å². The molecule has 0 spiro atoms. The van der Waals surface area contributed by atoms with Crippen LogP contribution in [0, 0.1) is 5.41 Å². The summed E-state index contributed by atoms with van der Waals surface area (Å²) in [7, 11) is 0. The topological polar surface area (TPSA) is 49.9 Å². The van der Waals surface area contributed by atoms with Crippen molar-refractivity contribution in [1.82, 2.24) is 0 Å². The molecule has 0 bridgehead atoms. The molecule has 0 saturated heterocycles. The van der Waals surface area contributed by atoms with Crippen LogP contribution in [0.3, 0.4) is 0 Å². The van der Waals surface area contributed by atoms with Crippen molar-refractivity contribution in [3.05, 3.63) is 0 Å². The maximum atomic E-state index is 6.59. The number of halogens is 3. The summed E-state index contributed by atoms with van der Waals surface area (Å²) in [5.41, 5.74) is 4.89. The molecule has 8 heavy (non-hydrogen) atoms. The second-order valence-electron chi connectivity index (χ2n) is 1.07. The van der Waals surface area contributed by atoms with Gasteiger partial charge < -0.3 is 5.73 Å². The Bertz CT molecular complexity index is 63.5. The van der Waals surface area contributed by atoms with Gasteiger partial charge in [-0.1, -0.05) is 0 Å². The summed E-state index contributed by atoms with van der Waals surface area (Å²) in [5, 5.41) is 6.28. The van der Waals surface area contributed by atoms with Crippen LogP contribution in [-0.2, 0) is 0 Å². The molecule has 3 N–H and O–H groups in total. The molecule has 5 heteroatoms. The lowest BCUT2D eigenvalue weighted by Crippen LogP contribution is -2.19. The molecule has 0 saturated carbocycles. The van der Waals surface area contributed by atoms with Crippen LogP contribution >= 0.6 is 36.4 Å². The van der Waals surface area contributed by atoms with Crippen LogP contribution in [0.2, 0.25) is 0 Å². The van der Waals surface area contributed by atoms with Gasteiger partial charge in [-0.2, -0.15) is 0 Å². The van der Waals surface area contributed by atoms with Gasteiger partial charge >= 0.3 is 0 Å². The fourth-order valence-corrected chi connectivity index (χ4v) is 0. The van der Waals surface area contributed by atoms with Crippen molar-refractivity contribution < 1.29 is 0 Å². The van der Waals surface area contributed by atoms with Crippen molar-refractivity contribution in [3.8, 4) is 0 Å². The van der Waals surface area contributed by atoms with Gasteiger partial charge in [-0.05, 0) is 6.92 Å². The number of hydrogen-bond donors (Lipinski definition) is 2. The van der Waals surface area contributed by atoms with E-state index in [1.165, 1.54) is 0 Å². The van der Waals surface area contributed by atoms with Gasteiger partial charge in [0, 0.05) is 0 Å². The molecular weight excluding hydrogens is 170 g/mol. The van der Waals surface area contributed by atoms with Crippen LogP contribution in [0.5, 0.6) is 0 Å². The Balaban J connectivity index is -0.000000125. The summed E-state index contributed by atoms with van der Waals surface area (Å²) in [6, 6.07) is 0. The molecule has 1 atom stereocenters. The van der Waals surface area contributed by atoms with Crippen LogP contribution in [-0.4, -0.2) is 11.2 Å². The molecule has 0 heterocycles. The minimum absolute atomic E-state index is 0. The van der Waals surface area contributed by atoms with Crippen LogP contribution in [0.15, 0.2) is 0 Å². The van der Waals surface area contributed by atoms with E-state index in [0.717, 1.165) is 0 Å². The molecule has 0 aliphatic rings. The first-order valence-electron chi connectivity index (χ1n) is 1.62. The van der Waals surface area contributed by atoms with Gasteiger partial charge in [-0.3, -0.25) is 5.41 Å². The molecule has 1 unspecified atom stereocenters. The average Bonchev–Trinajstić information content (AvgIpc) is 1.36. The van der Waals surface area contributed by atoms with Crippen molar-refractivity contribution in [2.75, 3.05) is 0 Å².